The van der Waals surface area contributed by atoms with E-state index in [1.807, 2.05) is 0 Å². The minimum absolute atomic E-state index is 0. The van der Waals surface area contributed by atoms with Crippen LogP contribution in [0.15, 0.2) is 24.4 Å². The molecule has 1 fully saturated rings. The van der Waals surface area contributed by atoms with Crippen LogP contribution in [0, 0.1) is 0 Å². The van der Waals surface area contributed by atoms with Crippen molar-refractivity contribution in [2.24, 2.45) is 0 Å². The summed E-state index contributed by atoms with van der Waals surface area (Å²) in [7, 11) is 1.46. The third-order valence-corrected chi connectivity index (χ3v) is 4.35. The number of nitrogens with one attached hydrogen (secondary N) is 2. The molecule has 0 unspecified atom stereocenters. The highest BCUT2D eigenvalue weighted by molar-refractivity contribution is 5.91. The Balaban J connectivity index is 0.00000280. The number of halogens is 3. The molecule has 1 amide bonds. The summed E-state index contributed by atoms with van der Waals surface area (Å²) in [5.74, 6) is 0.00294. The largest absolute Gasteiger partial charge is 0.497 e. The third-order valence-electron chi connectivity index (χ3n) is 4.35. The number of benzene rings is 1. The molecule has 1 aliphatic heterocycles. The van der Waals surface area contributed by atoms with E-state index in [4.69, 9.17) is 4.74 Å². The quantitative estimate of drug-likeness (QED) is 0.717. The Kier molecular flexibility index (Phi) is 7.94. The summed E-state index contributed by atoms with van der Waals surface area (Å²) < 4.78 is 36.4. The van der Waals surface area contributed by atoms with Gasteiger partial charge in [-0.25, -0.2) is 4.68 Å². The highest BCUT2D eigenvalue weighted by Gasteiger charge is 2.19. The number of aromatic nitrogens is 3. The molecule has 1 aromatic heterocycles. The lowest BCUT2D eigenvalue weighted by Gasteiger charge is -2.22. The van der Waals surface area contributed by atoms with Crippen LogP contribution in [-0.2, 0) is 6.54 Å². The summed E-state index contributed by atoms with van der Waals surface area (Å²) in [5.41, 5.74) is 0.543. The van der Waals surface area contributed by atoms with Gasteiger partial charge in [-0.3, -0.25) is 4.79 Å². The van der Waals surface area contributed by atoms with Gasteiger partial charge in [0.25, 0.3) is 5.91 Å². The van der Waals surface area contributed by atoms with Crippen molar-refractivity contribution in [3.8, 4) is 11.5 Å². The molecule has 2 N–H and O–H groups in total. The SMILES string of the molecule is COc1ccc(OC(F)F)c(CNC(=O)c2cn(C3CCNCC3)nn2)c1.Cl. The predicted octanol–water partition coefficient (Wildman–Crippen LogP) is 2.16. The zero-order chi connectivity index (χ0) is 19.2. The predicted molar refractivity (Wildman–Crippen MR) is 99.2 cm³/mol. The monoisotopic (exact) mass is 417 g/mol. The summed E-state index contributed by atoms with van der Waals surface area (Å²) in [6.45, 7) is -1.18. The van der Waals surface area contributed by atoms with Crippen LogP contribution in [0.1, 0.15) is 34.9 Å². The van der Waals surface area contributed by atoms with Gasteiger partial charge in [-0.05, 0) is 44.1 Å². The van der Waals surface area contributed by atoms with Gasteiger partial charge >= 0.3 is 6.61 Å². The molecule has 2 aromatic rings. The highest BCUT2D eigenvalue weighted by Crippen LogP contribution is 2.25. The van der Waals surface area contributed by atoms with Gasteiger partial charge in [-0.1, -0.05) is 5.21 Å². The van der Waals surface area contributed by atoms with Crippen molar-refractivity contribution in [1.82, 2.24) is 25.6 Å². The second kappa shape index (κ2) is 10.2. The van der Waals surface area contributed by atoms with Crippen LogP contribution in [0.2, 0.25) is 0 Å². The first-order valence-electron chi connectivity index (χ1n) is 8.59. The lowest BCUT2D eigenvalue weighted by Crippen LogP contribution is -2.29. The van der Waals surface area contributed by atoms with Gasteiger partial charge in [-0.2, -0.15) is 8.78 Å². The molecule has 1 aliphatic rings. The molecule has 0 aliphatic carbocycles. The first-order chi connectivity index (χ1) is 13.1. The number of nitrogens with zero attached hydrogens (tertiary/aromatic N) is 3. The van der Waals surface area contributed by atoms with Crippen molar-refractivity contribution in [1.29, 1.82) is 0 Å². The molecule has 8 nitrogen and oxygen atoms in total. The molecule has 3 rings (SSSR count). The number of piperidine rings is 1. The summed E-state index contributed by atoms with van der Waals surface area (Å²) in [4.78, 5) is 12.3. The van der Waals surface area contributed by atoms with E-state index in [1.165, 1.54) is 25.3 Å². The number of methoxy groups -OCH3 is 1. The molecular formula is C17H22ClF2N5O3. The topological polar surface area (TPSA) is 90.3 Å². The molecule has 2 heterocycles. The Morgan fingerprint density at radius 1 is 1.39 bits per heavy atom. The lowest BCUT2D eigenvalue weighted by molar-refractivity contribution is -0.0505. The summed E-state index contributed by atoms with van der Waals surface area (Å²) in [6, 6.07) is 4.63. The van der Waals surface area contributed by atoms with E-state index in [0.29, 0.717) is 11.3 Å². The van der Waals surface area contributed by atoms with Gasteiger partial charge < -0.3 is 20.1 Å². The highest BCUT2D eigenvalue weighted by atomic mass is 35.5. The number of alkyl halides is 2. The lowest BCUT2D eigenvalue weighted by atomic mass is 10.1. The Morgan fingerprint density at radius 3 is 2.82 bits per heavy atom. The Bertz CT molecular complexity index is 784. The fourth-order valence-corrected chi connectivity index (χ4v) is 2.93. The first kappa shape index (κ1) is 21.8. The van der Waals surface area contributed by atoms with Crippen molar-refractivity contribution < 1.29 is 23.0 Å². The maximum Gasteiger partial charge on any atom is 0.387 e. The molecule has 0 saturated carbocycles. The van der Waals surface area contributed by atoms with Crippen LogP contribution in [0.3, 0.4) is 0 Å². The van der Waals surface area contributed by atoms with Crippen molar-refractivity contribution in [3.63, 3.8) is 0 Å². The second-order valence-corrected chi connectivity index (χ2v) is 6.10. The fraction of sp³-hybridized carbons (Fsp3) is 0.471. The van der Waals surface area contributed by atoms with Crippen LogP contribution >= 0.6 is 12.4 Å². The van der Waals surface area contributed by atoms with Gasteiger partial charge in [0, 0.05) is 12.1 Å². The smallest absolute Gasteiger partial charge is 0.387 e. The average molecular weight is 418 g/mol. The van der Waals surface area contributed by atoms with E-state index in [1.54, 1.807) is 10.9 Å². The number of ether oxygens (including phenoxy) is 2. The van der Waals surface area contributed by atoms with Crippen LogP contribution < -0.4 is 20.1 Å². The number of rotatable bonds is 7. The van der Waals surface area contributed by atoms with E-state index in [9.17, 15) is 13.6 Å². The van der Waals surface area contributed by atoms with Gasteiger partial charge in [0.15, 0.2) is 5.69 Å². The van der Waals surface area contributed by atoms with Gasteiger partial charge in [0.2, 0.25) is 0 Å². The minimum atomic E-state index is -2.96. The Hall–Kier alpha value is -2.46. The number of hydrogen-bond donors (Lipinski definition) is 2. The number of carbonyl (C=O) groups excluding carboxylic acids is 1. The number of carbonyl (C=O) groups is 1. The maximum absolute atomic E-state index is 12.6. The van der Waals surface area contributed by atoms with Crippen LogP contribution in [0.5, 0.6) is 11.5 Å². The molecular weight excluding hydrogens is 396 g/mol. The third kappa shape index (κ3) is 5.52. The molecule has 154 valence electrons. The standard InChI is InChI=1S/C17H21F2N5O3.ClH/c1-26-13-2-3-15(27-17(18)19)11(8-13)9-21-16(25)14-10-24(23-22-14)12-4-6-20-7-5-12;/h2-3,8,10,12,17,20H,4-7,9H2,1H3,(H,21,25);1H. The average Bonchev–Trinajstić information content (AvgIpc) is 3.17. The van der Waals surface area contributed by atoms with Crippen molar-refractivity contribution >= 4 is 18.3 Å². The maximum atomic E-state index is 12.6. The van der Waals surface area contributed by atoms with E-state index >= 15 is 0 Å². The summed E-state index contributed by atoms with van der Waals surface area (Å²) in [6.07, 6.45) is 3.44. The normalized spacial score (nSPS) is 14.4. The van der Waals surface area contributed by atoms with Crippen LogP contribution in [0.25, 0.3) is 0 Å². The molecule has 0 radical (unpaired) electrons. The van der Waals surface area contributed by atoms with E-state index < -0.39 is 12.5 Å². The zero-order valence-corrected chi connectivity index (χ0v) is 16.0. The van der Waals surface area contributed by atoms with Crippen LogP contribution in [0.4, 0.5) is 8.78 Å². The van der Waals surface area contributed by atoms with Crippen molar-refractivity contribution in [3.05, 3.63) is 35.7 Å². The minimum Gasteiger partial charge on any atom is -0.497 e. The molecule has 0 atom stereocenters. The molecule has 0 spiro atoms. The summed E-state index contributed by atoms with van der Waals surface area (Å²) in [5, 5.41) is 13.9. The number of hydrogen-bond acceptors (Lipinski definition) is 6. The van der Waals surface area contributed by atoms with E-state index in [0.717, 1.165) is 25.9 Å². The van der Waals surface area contributed by atoms with E-state index in [2.05, 4.69) is 25.7 Å². The second-order valence-electron chi connectivity index (χ2n) is 6.10. The van der Waals surface area contributed by atoms with Gasteiger partial charge in [0.05, 0.1) is 19.3 Å². The molecule has 28 heavy (non-hydrogen) atoms. The van der Waals surface area contributed by atoms with Crippen molar-refractivity contribution in [2.45, 2.75) is 32.0 Å². The molecule has 11 heteroatoms. The molecule has 0 bridgehead atoms. The van der Waals surface area contributed by atoms with Gasteiger partial charge in [0.1, 0.15) is 11.5 Å². The van der Waals surface area contributed by atoms with Crippen molar-refractivity contribution in [2.75, 3.05) is 20.2 Å². The Labute approximate surface area is 167 Å². The van der Waals surface area contributed by atoms with Gasteiger partial charge in [-0.15, -0.1) is 17.5 Å². The first-order valence-corrected chi connectivity index (χ1v) is 8.59. The molecule has 1 saturated heterocycles. The number of amides is 1. The zero-order valence-electron chi connectivity index (χ0n) is 15.2. The fourth-order valence-electron chi connectivity index (χ4n) is 2.93. The van der Waals surface area contributed by atoms with Crippen LogP contribution in [-0.4, -0.2) is 47.7 Å². The summed E-state index contributed by atoms with van der Waals surface area (Å²) >= 11 is 0. The Morgan fingerprint density at radius 2 is 2.14 bits per heavy atom. The molecule has 1 aromatic carbocycles. The van der Waals surface area contributed by atoms with E-state index in [-0.39, 0.29) is 36.4 Å².